The number of benzene rings is 1. The highest BCUT2D eigenvalue weighted by Gasteiger charge is 2.11. The van der Waals surface area contributed by atoms with Crippen molar-refractivity contribution >= 4 is 17.4 Å². The second-order valence-electron chi connectivity index (χ2n) is 6.01. The van der Waals surface area contributed by atoms with Crippen LogP contribution in [-0.4, -0.2) is 29.5 Å². The highest BCUT2D eigenvalue weighted by molar-refractivity contribution is 6.04. The van der Waals surface area contributed by atoms with E-state index in [-0.39, 0.29) is 5.69 Å². The Balaban J connectivity index is 1.66. The van der Waals surface area contributed by atoms with Crippen molar-refractivity contribution in [3.63, 3.8) is 0 Å². The van der Waals surface area contributed by atoms with E-state index in [0.717, 1.165) is 24.1 Å². The number of nitrogens with one attached hydrogen (secondary N) is 1. The Hall–Kier alpha value is -3.35. The first kappa shape index (κ1) is 18.4. The molecule has 5 nitrogen and oxygen atoms in total. The summed E-state index contributed by atoms with van der Waals surface area (Å²) in [7, 11) is 1.89. The topological polar surface area (TPSA) is 58.1 Å². The van der Waals surface area contributed by atoms with Gasteiger partial charge in [0, 0.05) is 49.5 Å². The van der Waals surface area contributed by atoms with Crippen LogP contribution in [0.1, 0.15) is 15.9 Å². The molecule has 3 aromatic rings. The van der Waals surface area contributed by atoms with Gasteiger partial charge >= 0.3 is 0 Å². The van der Waals surface area contributed by atoms with E-state index in [9.17, 15) is 13.6 Å². The molecule has 1 amide bonds. The van der Waals surface area contributed by atoms with Gasteiger partial charge in [0.2, 0.25) is 0 Å². The van der Waals surface area contributed by atoms with Crippen LogP contribution in [0.4, 0.5) is 20.3 Å². The molecule has 1 aromatic carbocycles. The van der Waals surface area contributed by atoms with Gasteiger partial charge in [0.15, 0.2) is 11.6 Å². The molecule has 0 bridgehead atoms. The summed E-state index contributed by atoms with van der Waals surface area (Å²) in [5.41, 5.74) is 1.72. The highest BCUT2D eigenvalue weighted by atomic mass is 19.2. The van der Waals surface area contributed by atoms with Gasteiger partial charge in [0.05, 0.1) is 0 Å². The van der Waals surface area contributed by atoms with Crippen molar-refractivity contribution in [2.45, 2.75) is 6.42 Å². The number of hydrogen-bond acceptors (Lipinski definition) is 4. The Bertz CT molecular complexity index is 934. The molecule has 0 atom stereocenters. The maximum absolute atomic E-state index is 13.3. The summed E-state index contributed by atoms with van der Waals surface area (Å²) < 4.78 is 26.3. The minimum atomic E-state index is -1.01. The molecule has 0 aliphatic carbocycles. The second kappa shape index (κ2) is 8.35. The molecule has 0 saturated heterocycles. The van der Waals surface area contributed by atoms with Crippen molar-refractivity contribution in [3.05, 3.63) is 83.8 Å². The van der Waals surface area contributed by atoms with Crippen molar-refractivity contribution < 1.29 is 13.6 Å². The van der Waals surface area contributed by atoms with E-state index in [1.165, 1.54) is 6.07 Å². The van der Waals surface area contributed by atoms with Crippen molar-refractivity contribution in [2.75, 3.05) is 23.8 Å². The lowest BCUT2D eigenvalue weighted by Crippen LogP contribution is -2.22. The SMILES string of the molecule is CN(CCc1ccncc1)c1cc(C(=O)Nc2ccc(F)c(F)c2)ccn1. The molecule has 1 N–H and O–H groups in total. The van der Waals surface area contributed by atoms with E-state index >= 15 is 0 Å². The van der Waals surface area contributed by atoms with Crippen molar-refractivity contribution in [2.24, 2.45) is 0 Å². The summed E-state index contributed by atoms with van der Waals surface area (Å²) in [6.45, 7) is 0.714. The second-order valence-corrected chi connectivity index (χ2v) is 6.01. The molecule has 0 spiro atoms. The molecular formula is C20H18F2N4O. The number of amides is 1. The zero-order valence-electron chi connectivity index (χ0n) is 14.7. The zero-order valence-corrected chi connectivity index (χ0v) is 14.7. The van der Waals surface area contributed by atoms with Gasteiger partial charge in [0.25, 0.3) is 5.91 Å². The number of aromatic nitrogens is 2. The zero-order chi connectivity index (χ0) is 19.2. The van der Waals surface area contributed by atoms with Gasteiger partial charge in [-0.2, -0.15) is 0 Å². The number of carbonyl (C=O) groups is 1. The predicted molar refractivity (Wildman–Crippen MR) is 99.8 cm³/mol. The lowest BCUT2D eigenvalue weighted by Gasteiger charge is -2.18. The van der Waals surface area contributed by atoms with Crippen molar-refractivity contribution in [3.8, 4) is 0 Å². The Morgan fingerprint density at radius 2 is 1.81 bits per heavy atom. The van der Waals surface area contributed by atoms with Crippen LogP contribution < -0.4 is 10.2 Å². The molecular weight excluding hydrogens is 350 g/mol. The van der Waals surface area contributed by atoms with Gasteiger partial charge < -0.3 is 10.2 Å². The van der Waals surface area contributed by atoms with Gasteiger partial charge in [-0.1, -0.05) is 0 Å². The fraction of sp³-hybridized carbons (Fsp3) is 0.150. The average molecular weight is 368 g/mol. The first-order valence-electron chi connectivity index (χ1n) is 8.35. The Kier molecular flexibility index (Phi) is 5.71. The average Bonchev–Trinajstić information content (AvgIpc) is 2.70. The smallest absolute Gasteiger partial charge is 0.255 e. The van der Waals surface area contributed by atoms with E-state index in [4.69, 9.17) is 0 Å². The van der Waals surface area contributed by atoms with Crippen LogP contribution >= 0.6 is 0 Å². The number of rotatable bonds is 6. The van der Waals surface area contributed by atoms with Crippen LogP contribution in [0.15, 0.2) is 61.1 Å². The predicted octanol–water partition coefficient (Wildman–Crippen LogP) is 3.69. The molecule has 0 aliphatic heterocycles. The van der Waals surface area contributed by atoms with E-state index in [1.807, 2.05) is 24.1 Å². The number of pyridine rings is 2. The number of nitrogens with zero attached hydrogens (tertiary/aromatic N) is 3. The van der Waals surface area contributed by atoms with Crippen LogP contribution in [0.2, 0.25) is 0 Å². The summed E-state index contributed by atoms with van der Waals surface area (Å²) in [5, 5.41) is 2.55. The molecule has 138 valence electrons. The molecule has 2 heterocycles. The van der Waals surface area contributed by atoms with Crippen molar-refractivity contribution in [1.82, 2.24) is 9.97 Å². The van der Waals surface area contributed by atoms with E-state index in [2.05, 4.69) is 15.3 Å². The summed E-state index contributed by atoms with van der Waals surface area (Å²) in [4.78, 5) is 22.6. The summed E-state index contributed by atoms with van der Waals surface area (Å²) >= 11 is 0. The third-order valence-corrected chi connectivity index (χ3v) is 4.06. The fourth-order valence-electron chi connectivity index (χ4n) is 2.51. The van der Waals surface area contributed by atoms with Crippen LogP contribution in [-0.2, 0) is 6.42 Å². The number of carbonyl (C=O) groups excluding carboxylic acids is 1. The normalized spacial score (nSPS) is 10.5. The largest absolute Gasteiger partial charge is 0.359 e. The van der Waals surface area contributed by atoms with Gasteiger partial charge in [-0.15, -0.1) is 0 Å². The maximum atomic E-state index is 13.3. The highest BCUT2D eigenvalue weighted by Crippen LogP contribution is 2.16. The molecule has 2 aromatic heterocycles. The molecule has 0 unspecified atom stereocenters. The Morgan fingerprint density at radius 3 is 2.56 bits per heavy atom. The standard InChI is InChI=1S/C20H18F2N4O/c1-26(11-7-14-4-8-23-9-5-14)19-12-15(6-10-24-19)20(27)25-16-2-3-17(21)18(22)13-16/h2-6,8-10,12-13H,7,11H2,1H3,(H,25,27). The minimum absolute atomic E-state index is 0.184. The Labute approximate surface area is 155 Å². The molecule has 27 heavy (non-hydrogen) atoms. The summed E-state index contributed by atoms with van der Waals surface area (Å²) in [5.74, 6) is -1.76. The van der Waals surface area contributed by atoms with Crippen LogP contribution in [0.25, 0.3) is 0 Å². The molecule has 0 radical (unpaired) electrons. The van der Waals surface area contributed by atoms with E-state index < -0.39 is 17.5 Å². The fourth-order valence-corrected chi connectivity index (χ4v) is 2.51. The maximum Gasteiger partial charge on any atom is 0.255 e. The summed E-state index contributed by atoms with van der Waals surface area (Å²) in [6, 6.07) is 10.3. The van der Waals surface area contributed by atoms with Crippen molar-refractivity contribution in [1.29, 1.82) is 0 Å². The van der Waals surface area contributed by atoms with Crippen LogP contribution in [0.3, 0.4) is 0 Å². The number of anilines is 2. The monoisotopic (exact) mass is 368 g/mol. The van der Waals surface area contributed by atoms with E-state index in [0.29, 0.717) is 17.9 Å². The summed E-state index contributed by atoms with van der Waals surface area (Å²) in [6.07, 6.45) is 5.85. The number of halogens is 2. The number of likely N-dealkylation sites (N-methyl/N-ethyl adjacent to an activating group) is 1. The first-order chi connectivity index (χ1) is 13.0. The van der Waals surface area contributed by atoms with Gasteiger partial charge in [-0.05, 0) is 48.4 Å². The molecule has 3 rings (SSSR count). The van der Waals surface area contributed by atoms with Gasteiger partial charge in [0.1, 0.15) is 5.82 Å². The third kappa shape index (κ3) is 4.84. The molecule has 0 aliphatic rings. The molecule has 0 saturated carbocycles. The molecule has 7 heteroatoms. The lowest BCUT2D eigenvalue weighted by molar-refractivity contribution is 0.102. The first-order valence-corrected chi connectivity index (χ1v) is 8.35. The Morgan fingerprint density at radius 1 is 1.04 bits per heavy atom. The van der Waals surface area contributed by atoms with Gasteiger partial charge in [-0.3, -0.25) is 9.78 Å². The number of hydrogen-bond donors (Lipinski definition) is 1. The van der Waals surface area contributed by atoms with Crippen LogP contribution in [0, 0.1) is 11.6 Å². The third-order valence-electron chi connectivity index (χ3n) is 4.06. The molecule has 0 fully saturated rings. The minimum Gasteiger partial charge on any atom is -0.359 e. The van der Waals surface area contributed by atoms with Crippen LogP contribution in [0.5, 0.6) is 0 Å². The van der Waals surface area contributed by atoms with Gasteiger partial charge in [-0.25, -0.2) is 13.8 Å². The lowest BCUT2D eigenvalue weighted by atomic mass is 10.2. The quantitative estimate of drug-likeness (QED) is 0.721. The van der Waals surface area contributed by atoms with E-state index in [1.54, 1.807) is 30.7 Å².